The maximum absolute atomic E-state index is 11.5. The molecule has 0 radical (unpaired) electrons. The molecule has 0 spiro atoms. The first-order valence-corrected chi connectivity index (χ1v) is 5.17. The van der Waals surface area contributed by atoms with Gasteiger partial charge in [0.25, 0.3) is 0 Å². The van der Waals surface area contributed by atoms with Gasteiger partial charge in [0, 0.05) is 31.5 Å². The lowest BCUT2D eigenvalue weighted by atomic mass is 10.4. The van der Waals surface area contributed by atoms with Crippen LogP contribution in [0.3, 0.4) is 0 Å². The van der Waals surface area contributed by atoms with Gasteiger partial charge in [0.05, 0.1) is 6.20 Å². The van der Waals surface area contributed by atoms with E-state index in [1.165, 1.54) is 0 Å². The normalized spacial score (nSPS) is 9.94. The van der Waals surface area contributed by atoms with Crippen LogP contribution in [0, 0.1) is 0 Å². The summed E-state index contributed by atoms with van der Waals surface area (Å²) in [6.45, 7) is 0.437. The number of aryl methyl sites for hydroxylation is 1. The van der Waals surface area contributed by atoms with Gasteiger partial charge in [-0.05, 0) is 12.1 Å². The van der Waals surface area contributed by atoms with Gasteiger partial charge >= 0.3 is 6.03 Å². The van der Waals surface area contributed by atoms with Crippen molar-refractivity contribution in [3.8, 4) is 0 Å². The van der Waals surface area contributed by atoms with Gasteiger partial charge in [-0.2, -0.15) is 5.10 Å². The highest BCUT2D eigenvalue weighted by Crippen LogP contribution is 2.00. The molecular formula is C11H13N5O. The monoisotopic (exact) mass is 231 g/mol. The number of nitrogens with zero attached hydrogens (tertiary/aromatic N) is 3. The van der Waals surface area contributed by atoms with Crippen molar-refractivity contribution in [3.05, 3.63) is 42.4 Å². The molecular weight excluding hydrogens is 218 g/mol. The Bertz CT molecular complexity index is 494. The van der Waals surface area contributed by atoms with Gasteiger partial charge in [-0.3, -0.25) is 10.00 Å². The lowest BCUT2D eigenvalue weighted by Crippen LogP contribution is -2.28. The Morgan fingerprint density at radius 1 is 1.47 bits per heavy atom. The SMILES string of the molecule is Cn1cc(CNC(=O)Nc2ccccn2)cn1. The minimum absolute atomic E-state index is 0.285. The van der Waals surface area contributed by atoms with E-state index in [-0.39, 0.29) is 6.03 Å². The molecule has 0 saturated carbocycles. The van der Waals surface area contributed by atoms with Crippen LogP contribution in [0.2, 0.25) is 0 Å². The molecule has 2 amide bonds. The molecule has 17 heavy (non-hydrogen) atoms. The molecule has 0 aliphatic rings. The average molecular weight is 231 g/mol. The first kappa shape index (κ1) is 11.1. The number of hydrogen-bond donors (Lipinski definition) is 2. The summed E-state index contributed by atoms with van der Waals surface area (Å²) in [5.74, 6) is 0.524. The van der Waals surface area contributed by atoms with Crippen molar-refractivity contribution < 1.29 is 4.79 Å². The molecule has 0 fully saturated rings. The largest absolute Gasteiger partial charge is 0.334 e. The highest BCUT2D eigenvalue weighted by molar-refractivity contribution is 5.88. The van der Waals surface area contributed by atoms with Crippen LogP contribution < -0.4 is 10.6 Å². The van der Waals surface area contributed by atoms with Crippen molar-refractivity contribution in [3.63, 3.8) is 0 Å². The smallest absolute Gasteiger partial charge is 0.320 e. The van der Waals surface area contributed by atoms with E-state index in [4.69, 9.17) is 0 Å². The zero-order valence-corrected chi connectivity index (χ0v) is 9.42. The number of anilines is 1. The second-order valence-corrected chi connectivity index (χ2v) is 3.54. The first-order valence-electron chi connectivity index (χ1n) is 5.17. The fourth-order valence-corrected chi connectivity index (χ4v) is 1.34. The number of amides is 2. The van der Waals surface area contributed by atoms with E-state index >= 15 is 0 Å². The Labute approximate surface area is 98.7 Å². The van der Waals surface area contributed by atoms with Gasteiger partial charge in [-0.1, -0.05) is 6.07 Å². The second kappa shape index (κ2) is 5.11. The third-order valence-corrected chi connectivity index (χ3v) is 2.12. The molecule has 2 heterocycles. The third kappa shape index (κ3) is 3.30. The number of carbonyl (C=O) groups is 1. The Morgan fingerprint density at radius 3 is 3.00 bits per heavy atom. The lowest BCUT2D eigenvalue weighted by Gasteiger charge is -2.05. The van der Waals surface area contributed by atoms with Gasteiger partial charge in [0.15, 0.2) is 0 Å². The van der Waals surface area contributed by atoms with E-state index in [1.54, 1.807) is 29.2 Å². The van der Waals surface area contributed by atoms with Crippen LogP contribution in [-0.2, 0) is 13.6 Å². The standard InChI is InChI=1S/C11H13N5O/c1-16-8-9(7-14-16)6-13-11(17)15-10-4-2-3-5-12-10/h2-5,7-8H,6H2,1H3,(H2,12,13,15,17). The first-order chi connectivity index (χ1) is 8.24. The summed E-state index contributed by atoms with van der Waals surface area (Å²) in [4.78, 5) is 15.5. The predicted octanol–water partition coefficient (Wildman–Crippen LogP) is 1.14. The van der Waals surface area contributed by atoms with E-state index in [1.807, 2.05) is 19.3 Å². The molecule has 6 heteroatoms. The average Bonchev–Trinajstić information content (AvgIpc) is 2.74. The van der Waals surface area contributed by atoms with E-state index in [9.17, 15) is 4.79 Å². The van der Waals surface area contributed by atoms with Gasteiger partial charge < -0.3 is 5.32 Å². The van der Waals surface area contributed by atoms with E-state index in [0.717, 1.165) is 5.56 Å². The van der Waals surface area contributed by atoms with Crippen molar-refractivity contribution in [2.45, 2.75) is 6.54 Å². The zero-order valence-electron chi connectivity index (χ0n) is 9.42. The Morgan fingerprint density at radius 2 is 2.35 bits per heavy atom. The molecule has 88 valence electrons. The summed E-state index contributed by atoms with van der Waals surface area (Å²) in [6.07, 6.45) is 5.18. The quantitative estimate of drug-likeness (QED) is 0.832. The Kier molecular flexibility index (Phi) is 3.34. The van der Waals surface area contributed by atoms with Crippen LogP contribution >= 0.6 is 0 Å². The number of urea groups is 1. The summed E-state index contributed by atoms with van der Waals surface area (Å²) in [6, 6.07) is 5.04. The molecule has 0 saturated heterocycles. The number of carbonyl (C=O) groups excluding carboxylic acids is 1. The summed E-state index contributed by atoms with van der Waals surface area (Å²) < 4.78 is 1.69. The predicted molar refractivity (Wildman–Crippen MR) is 63.3 cm³/mol. The zero-order chi connectivity index (χ0) is 12.1. The second-order valence-electron chi connectivity index (χ2n) is 3.54. The van der Waals surface area contributed by atoms with Crippen molar-refractivity contribution >= 4 is 11.8 Å². The van der Waals surface area contributed by atoms with Gasteiger partial charge in [0.1, 0.15) is 5.82 Å². The van der Waals surface area contributed by atoms with E-state index < -0.39 is 0 Å². The van der Waals surface area contributed by atoms with Gasteiger partial charge in [-0.15, -0.1) is 0 Å². The van der Waals surface area contributed by atoms with Crippen LogP contribution in [0.1, 0.15) is 5.56 Å². The molecule has 2 aromatic rings. The van der Waals surface area contributed by atoms with Crippen molar-refractivity contribution in [2.24, 2.45) is 7.05 Å². The molecule has 0 atom stereocenters. The number of aromatic nitrogens is 3. The summed E-state index contributed by atoms with van der Waals surface area (Å²) in [7, 11) is 1.83. The summed E-state index contributed by atoms with van der Waals surface area (Å²) in [5.41, 5.74) is 0.948. The maximum atomic E-state index is 11.5. The van der Waals surface area contributed by atoms with Crippen molar-refractivity contribution in [1.82, 2.24) is 20.1 Å². The van der Waals surface area contributed by atoms with Crippen LogP contribution in [0.5, 0.6) is 0 Å². The number of pyridine rings is 1. The van der Waals surface area contributed by atoms with Crippen LogP contribution in [-0.4, -0.2) is 20.8 Å². The minimum Gasteiger partial charge on any atom is -0.334 e. The molecule has 0 aliphatic heterocycles. The molecule has 0 aliphatic carbocycles. The molecule has 6 nitrogen and oxygen atoms in total. The van der Waals surface area contributed by atoms with Crippen LogP contribution in [0.15, 0.2) is 36.8 Å². The summed E-state index contributed by atoms with van der Waals surface area (Å²) in [5, 5.41) is 9.36. The lowest BCUT2D eigenvalue weighted by molar-refractivity contribution is 0.251. The molecule has 2 N–H and O–H groups in total. The minimum atomic E-state index is -0.285. The molecule has 0 bridgehead atoms. The number of nitrogens with one attached hydrogen (secondary N) is 2. The highest BCUT2D eigenvalue weighted by Gasteiger charge is 2.02. The van der Waals surface area contributed by atoms with Crippen molar-refractivity contribution in [1.29, 1.82) is 0 Å². The number of hydrogen-bond acceptors (Lipinski definition) is 3. The van der Waals surface area contributed by atoms with E-state index in [0.29, 0.717) is 12.4 Å². The third-order valence-electron chi connectivity index (χ3n) is 2.12. The molecule has 2 rings (SSSR count). The fourth-order valence-electron chi connectivity index (χ4n) is 1.34. The molecule has 0 aromatic carbocycles. The Hall–Kier alpha value is -2.37. The number of rotatable bonds is 3. The van der Waals surface area contributed by atoms with E-state index in [2.05, 4.69) is 20.7 Å². The molecule has 2 aromatic heterocycles. The highest BCUT2D eigenvalue weighted by atomic mass is 16.2. The van der Waals surface area contributed by atoms with Gasteiger partial charge in [0.2, 0.25) is 0 Å². The van der Waals surface area contributed by atoms with Gasteiger partial charge in [-0.25, -0.2) is 9.78 Å². The topological polar surface area (TPSA) is 71.8 Å². The maximum Gasteiger partial charge on any atom is 0.320 e. The fraction of sp³-hybridized carbons (Fsp3) is 0.182. The summed E-state index contributed by atoms with van der Waals surface area (Å²) >= 11 is 0. The van der Waals surface area contributed by atoms with Crippen LogP contribution in [0.4, 0.5) is 10.6 Å². The van der Waals surface area contributed by atoms with Crippen LogP contribution in [0.25, 0.3) is 0 Å². The Balaban J connectivity index is 1.82. The van der Waals surface area contributed by atoms with Crippen molar-refractivity contribution in [2.75, 3.05) is 5.32 Å². The molecule has 0 unspecified atom stereocenters.